The molecule has 0 aliphatic rings. The molecule has 1 amide bonds. The largest absolute Gasteiger partial charge is 0.507 e. The van der Waals surface area contributed by atoms with Crippen LogP contribution in [0.4, 0.5) is 0 Å². The molecule has 114 valence electrons. The average molecular weight is 363 g/mol. The van der Waals surface area contributed by atoms with E-state index >= 15 is 0 Å². The first-order valence-corrected chi connectivity index (χ1v) is 7.31. The van der Waals surface area contributed by atoms with Crippen molar-refractivity contribution >= 4 is 28.1 Å². The first-order valence-electron chi connectivity index (χ1n) is 6.52. The highest BCUT2D eigenvalue weighted by atomic mass is 79.9. The van der Waals surface area contributed by atoms with Gasteiger partial charge in [0.25, 0.3) is 0 Å². The van der Waals surface area contributed by atoms with Gasteiger partial charge in [-0.15, -0.1) is 0 Å². The molecule has 2 N–H and O–H groups in total. The second kappa shape index (κ2) is 7.61. The minimum Gasteiger partial charge on any atom is -0.507 e. The summed E-state index contributed by atoms with van der Waals surface area (Å²) in [5, 5.41) is 13.3. The van der Waals surface area contributed by atoms with Crippen molar-refractivity contribution in [3.8, 4) is 11.5 Å². The summed E-state index contributed by atoms with van der Waals surface area (Å²) in [5.41, 5.74) is 4.10. The van der Waals surface area contributed by atoms with Crippen molar-refractivity contribution in [2.24, 2.45) is 5.10 Å². The second-order valence-electron chi connectivity index (χ2n) is 4.53. The molecule has 2 aromatic carbocycles. The lowest BCUT2D eigenvalue weighted by molar-refractivity contribution is -0.120. The minimum atomic E-state index is -0.209. The molecular weight excluding hydrogens is 348 g/mol. The Balaban J connectivity index is 1.88. The lowest BCUT2D eigenvalue weighted by atomic mass is 10.1. The van der Waals surface area contributed by atoms with Crippen LogP contribution in [-0.2, 0) is 11.2 Å². The van der Waals surface area contributed by atoms with Crippen LogP contribution in [0.25, 0.3) is 0 Å². The fourth-order valence-corrected chi connectivity index (χ4v) is 2.15. The first kappa shape index (κ1) is 16.0. The Morgan fingerprint density at radius 1 is 1.32 bits per heavy atom. The number of carbonyl (C=O) groups excluding carboxylic acids is 1. The van der Waals surface area contributed by atoms with E-state index in [0.29, 0.717) is 4.47 Å². The Labute approximate surface area is 136 Å². The number of amides is 1. The Bertz CT molecular complexity index is 684. The van der Waals surface area contributed by atoms with Crippen LogP contribution in [0.15, 0.2) is 52.0 Å². The predicted octanol–water partition coefficient (Wildman–Crippen LogP) is 2.86. The molecule has 0 fully saturated rings. The number of ether oxygens (including phenoxy) is 1. The number of hydrogen-bond acceptors (Lipinski definition) is 4. The zero-order valence-corrected chi connectivity index (χ0v) is 13.5. The number of phenols is 1. The summed E-state index contributed by atoms with van der Waals surface area (Å²) in [6, 6.07) is 12.2. The molecule has 5 nitrogen and oxygen atoms in total. The number of carbonyl (C=O) groups is 1. The smallest absolute Gasteiger partial charge is 0.244 e. The molecule has 0 unspecified atom stereocenters. The number of methoxy groups -OCH3 is 1. The molecular formula is C16H15BrN2O3. The minimum absolute atomic E-state index is 0.153. The molecule has 0 radical (unpaired) electrons. The highest BCUT2D eigenvalue weighted by molar-refractivity contribution is 9.10. The van der Waals surface area contributed by atoms with Gasteiger partial charge in [0, 0.05) is 0 Å². The summed E-state index contributed by atoms with van der Waals surface area (Å²) in [7, 11) is 1.60. The number of benzene rings is 2. The molecule has 0 aromatic heterocycles. The van der Waals surface area contributed by atoms with E-state index in [0.717, 1.165) is 16.9 Å². The van der Waals surface area contributed by atoms with Crippen LogP contribution in [0.5, 0.6) is 11.5 Å². The summed E-state index contributed by atoms with van der Waals surface area (Å²) in [4.78, 5) is 11.8. The van der Waals surface area contributed by atoms with Crippen molar-refractivity contribution in [1.82, 2.24) is 5.43 Å². The SMILES string of the molecule is COc1ccc(CC(=O)N/N=C/c2ccc(O)c(Br)c2)cc1. The van der Waals surface area contributed by atoms with Gasteiger partial charge in [0.2, 0.25) is 5.91 Å². The lowest BCUT2D eigenvalue weighted by Gasteiger charge is -2.03. The third-order valence-corrected chi connectivity index (χ3v) is 3.53. The van der Waals surface area contributed by atoms with Crippen LogP contribution in [0.3, 0.4) is 0 Å². The standard InChI is InChI=1S/C16H15BrN2O3/c1-22-13-5-2-11(3-6-13)9-16(21)19-18-10-12-4-7-15(20)14(17)8-12/h2-8,10,20H,9H2,1H3,(H,19,21)/b18-10+. The summed E-state index contributed by atoms with van der Waals surface area (Å²) in [5.74, 6) is 0.694. The zero-order chi connectivity index (χ0) is 15.9. The summed E-state index contributed by atoms with van der Waals surface area (Å²) in [6.45, 7) is 0. The molecule has 0 saturated carbocycles. The number of phenolic OH excluding ortho intramolecular Hbond substituents is 1. The third kappa shape index (κ3) is 4.60. The van der Waals surface area contributed by atoms with Gasteiger partial charge in [0.1, 0.15) is 11.5 Å². The Morgan fingerprint density at radius 2 is 2.05 bits per heavy atom. The van der Waals surface area contributed by atoms with Crippen LogP contribution in [0.2, 0.25) is 0 Å². The van der Waals surface area contributed by atoms with Crippen molar-refractivity contribution in [3.05, 3.63) is 58.1 Å². The topological polar surface area (TPSA) is 70.9 Å². The Kier molecular flexibility index (Phi) is 5.55. The van der Waals surface area contributed by atoms with Gasteiger partial charge in [-0.2, -0.15) is 5.10 Å². The fraction of sp³-hybridized carbons (Fsp3) is 0.125. The molecule has 0 aliphatic carbocycles. The molecule has 0 heterocycles. The van der Waals surface area contributed by atoms with Gasteiger partial charge in [-0.05, 0) is 57.4 Å². The second-order valence-corrected chi connectivity index (χ2v) is 5.38. The van der Waals surface area contributed by atoms with Gasteiger partial charge in [-0.1, -0.05) is 12.1 Å². The number of nitrogens with zero attached hydrogens (tertiary/aromatic N) is 1. The monoisotopic (exact) mass is 362 g/mol. The molecule has 0 spiro atoms. The quantitative estimate of drug-likeness (QED) is 0.634. The van der Waals surface area contributed by atoms with E-state index < -0.39 is 0 Å². The molecule has 22 heavy (non-hydrogen) atoms. The van der Waals surface area contributed by atoms with Crippen LogP contribution in [0, 0.1) is 0 Å². The lowest BCUT2D eigenvalue weighted by Crippen LogP contribution is -2.19. The van der Waals surface area contributed by atoms with E-state index in [9.17, 15) is 9.90 Å². The number of hydrazone groups is 1. The fourth-order valence-electron chi connectivity index (χ4n) is 1.75. The van der Waals surface area contributed by atoms with Crippen LogP contribution >= 0.6 is 15.9 Å². The maximum Gasteiger partial charge on any atom is 0.244 e. The predicted molar refractivity (Wildman–Crippen MR) is 88.2 cm³/mol. The van der Waals surface area contributed by atoms with Gasteiger partial charge in [0.15, 0.2) is 0 Å². The van der Waals surface area contributed by atoms with Crippen molar-refractivity contribution in [2.45, 2.75) is 6.42 Å². The number of hydrogen-bond donors (Lipinski definition) is 2. The number of aromatic hydroxyl groups is 1. The molecule has 0 bridgehead atoms. The van der Waals surface area contributed by atoms with Crippen LogP contribution in [-0.4, -0.2) is 24.3 Å². The summed E-state index contributed by atoms with van der Waals surface area (Å²) < 4.78 is 5.63. The van der Waals surface area contributed by atoms with Crippen molar-refractivity contribution in [3.63, 3.8) is 0 Å². The molecule has 0 aliphatic heterocycles. The highest BCUT2D eigenvalue weighted by Gasteiger charge is 2.02. The zero-order valence-electron chi connectivity index (χ0n) is 11.9. The number of rotatable bonds is 5. The Morgan fingerprint density at radius 3 is 2.68 bits per heavy atom. The molecule has 6 heteroatoms. The number of halogens is 1. The highest BCUT2D eigenvalue weighted by Crippen LogP contribution is 2.23. The van der Waals surface area contributed by atoms with Crippen LogP contribution in [0.1, 0.15) is 11.1 Å². The van der Waals surface area contributed by atoms with E-state index in [1.807, 2.05) is 12.1 Å². The van der Waals surface area contributed by atoms with Crippen molar-refractivity contribution in [1.29, 1.82) is 0 Å². The van der Waals surface area contributed by atoms with E-state index in [2.05, 4.69) is 26.5 Å². The van der Waals surface area contributed by atoms with Gasteiger partial charge in [-0.3, -0.25) is 4.79 Å². The van der Waals surface area contributed by atoms with Gasteiger partial charge >= 0.3 is 0 Å². The van der Waals surface area contributed by atoms with E-state index in [4.69, 9.17) is 4.74 Å². The van der Waals surface area contributed by atoms with Gasteiger partial charge in [0.05, 0.1) is 24.2 Å². The maximum atomic E-state index is 11.8. The summed E-state index contributed by atoms with van der Waals surface area (Å²) >= 11 is 3.21. The normalized spacial score (nSPS) is 10.6. The van der Waals surface area contributed by atoms with Gasteiger partial charge in [-0.25, -0.2) is 5.43 Å². The van der Waals surface area contributed by atoms with Crippen molar-refractivity contribution in [2.75, 3.05) is 7.11 Å². The average Bonchev–Trinajstić information content (AvgIpc) is 2.51. The van der Waals surface area contributed by atoms with Crippen LogP contribution < -0.4 is 10.2 Å². The molecule has 2 aromatic rings. The van der Waals surface area contributed by atoms with E-state index in [1.54, 1.807) is 37.4 Å². The number of nitrogens with one attached hydrogen (secondary N) is 1. The summed E-state index contributed by atoms with van der Waals surface area (Å²) in [6.07, 6.45) is 1.75. The Hall–Kier alpha value is -2.34. The first-order chi connectivity index (χ1) is 10.6. The van der Waals surface area contributed by atoms with Crippen molar-refractivity contribution < 1.29 is 14.6 Å². The van der Waals surface area contributed by atoms with Gasteiger partial charge < -0.3 is 9.84 Å². The maximum absolute atomic E-state index is 11.8. The molecule has 2 rings (SSSR count). The third-order valence-electron chi connectivity index (χ3n) is 2.90. The molecule has 0 saturated heterocycles. The van der Waals surface area contributed by atoms with E-state index in [-0.39, 0.29) is 18.1 Å². The van der Waals surface area contributed by atoms with E-state index in [1.165, 1.54) is 6.21 Å². The molecule has 0 atom stereocenters.